The summed E-state index contributed by atoms with van der Waals surface area (Å²) in [6.07, 6.45) is 13.2. The van der Waals surface area contributed by atoms with Crippen LogP contribution in [-0.4, -0.2) is 21.8 Å². The van der Waals surface area contributed by atoms with Crippen LogP contribution in [0.4, 0.5) is 0 Å². The monoisotopic (exact) mass is 332 g/mol. The maximum absolute atomic E-state index is 9.24. The smallest absolute Gasteiger partial charge is 0.134 e. The molecule has 0 fully saturated rings. The zero-order chi connectivity index (χ0) is 17.5. The molecule has 0 radical (unpaired) electrons. The van der Waals surface area contributed by atoms with E-state index in [1.165, 1.54) is 51.4 Å². The van der Waals surface area contributed by atoms with Gasteiger partial charge in [-0.15, -0.1) is 0 Å². The summed E-state index contributed by atoms with van der Waals surface area (Å²) < 4.78 is 0. The molecule has 0 spiro atoms. The van der Waals surface area contributed by atoms with Gasteiger partial charge in [-0.25, -0.2) is 0 Å². The fourth-order valence-electron chi connectivity index (χ4n) is 2.87. The third-order valence-electron chi connectivity index (χ3n) is 4.31. The summed E-state index contributed by atoms with van der Waals surface area (Å²) in [4.78, 5) is 0. The summed E-state index contributed by atoms with van der Waals surface area (Å²) in [5.41, 5.74) is 1.57. The average molecular weight is 332 g/mol. The number of unbranched alkanes of at least 4 members (excludes halogenated alkanes) is 9. The zero-order valence-electron chi connectivity index (χ0n) is 15.0. The molecule has 0 saturated heterocycles. The minimum atomic E-state index is 0.356. The largest absolute Gasteiger partial charge is 0.411 e. The predicted octanol–water partition coefficient (Wildman–Crippen LogP) is 6.01. The van der Waals surface area contributed by atoms with Gasteiger partial charge in [-0.05, 0) is 12.8 Å². The Morgan fingerprint density at radius 1 is 0.750 bits per heavy atom. The van der Waals surface area contributed by atoms with Gasteiger partial charge in [0.25, 0.3) is 0 Å². The fourth-order valence-corrected chi connectivity index (χ4v) is 2.87. The SMILES string of the molecule is CCCCCCCCCCCCC(=N/O)/C(=N\O)c1ccccc1. The highest BCUT2D eigenvalue weighted by atomic mass is 16.4. The lowest BCUT2D eigenvalue weighted by Crippen LogP contribution is -2.16. The molecular formula is C20H32N2O2. The van der Waals surface area contributed by atoms with Gasteiger partial charge in [0.05, 0.1) is 0 Å². The van der Waals surface area contributed by atoms with Crippen LogP contribution < -0.4 is 0 Å². The maximum atomic E-state index is 9.24. The first-order valence-corrected chi connectivity index (χ1v) is 9.32. The van der Waals surface area contributed by atoms with Crippen molar-refractivity contribution in [3.8, 4) is 0 Å². The van der Waals surface area contributed by atoms with E-state index in [4.69, 9.17) is 0 Å². The topological polar surface area (TPSA) is 65.2 Å². The molecule has 24 heavy (non-hydrogen) atoms. The van der Waals surface area contributed by atoms with Crippen molar-refractivity contribution in [2.24, 2.45) is 10.3 Å². The van der Waals surface area contributed by atoms with Crippen molar-refractivity contribution in [3.63, 3.8) is 0 Å². The van der Waals surface area contributed by atoms with E-state index >= 15 is 0 Å². The second-order valence-electron chi connectivity index (χ2n) is 6.29. The Bertz CT molecular complexity index is 484. The quantitative estimate of drug-likeness (QED) is 0.201. The van der Waals surface area contributed by atoms with E-state index in [2.05, 4.69) is 17.2 Å². The zero-order valence-corrected chi connectivity index (χ0v) is 15.0. The molecule has 0 unspecified atom stereocenters. The van der Waals surface area contributed by atoms with E-state index in [-0.39, 0.29) is 0 Å². The van der Waals surface area contributed by atoms with E-state index in [1.54, 1.807) is 0 Å². The Kier molecular flexibility index (Phi) is 11.4. The summed E-state index contributed by atoms with van der Waals surface area (Å²) in [7, 11) is 0. The molecule has 1 aromatic rings. The molecule has 1 aromatic carbocycles. The molecule has 0 bridgehead atoms. The molecule has 0 aliphatic heterocycles. The lowest BCUT2D eigenvalue weighted by atomic mass is 10.00. The summed E-state index contributed by atoms with van der Waals surface area (Å²) in [5, 5.41) is 25.1. The lowest BCUT2D eigenvalue weighted by molar-refractivity contribution is 0.313. The van der Waals surface area contributed by atoms with Crippen LogP contribution in [0.25, 0.3) is 0 Å². The molecule has 134 valence electrons. The van der Waals surface area contributed by atoms with E-state index in [1.807, 2.05) is 30.3 Å². The van der Waals surface area contributed by atoms with Crippen molar-refractivity contribution < 1.29 is 10.4 Å². The van der Waals surface area contributed by atoms with Crippen LogP contribution in [0.15, 0.2) is 40.6 Å². The number of hydrogen-bond donors (Lipinski definition) is 2. The van der Waals surface area contributed by atoms with Gasteiger partial charge in [0, 0.05) is 5.56 Å². The van der Waals surface area contributed by atoms with Gasteiger partial charge < -0.3 is 10.4 Å². The van der Waals surface area contributed by atoms with E-state index in [0.717, 1.165) is 18.4 Å². The normalized spacial score (nSPS) is 12.5. The Hall–Kier alpha value is -1.84. The number of benzene rings is 1. The van der Waals surface area contributed by atoms with Crippen LogP contribution in [-0.2, 0) is 0 Å². The van der Waals surface area contributed by atoms with E-state index < -0.39 is 0 Å². The van der Waals surface area contributed by atoms with Crippen molar-refractivity contribution in [1.82, 2.24) is 0 Å². The van der Waals surface area contributed by atoms with Gasteiger partial charge >= 0.3 is 0 Å². The molecule has 0 saturated carbocycles. The molecule has 4 nitrogen and oxygen atoms in total. The first-order chi connectivity index (χ1) is 11.8. The highest BCUT2D eigenvalue weighted by Gasteiger charge is 2.12. The molecule has 0 heterocycles. The standard InChI is InChI=1S/C20H32N2O2/c1-2-3-4-5-6-7-8-9-10-14-17-19(21-23)20(22-24)18-15-12-11-13-16-18/h11-13,15-16,23-24H,2-10,14,17H2,1H3/b21-19-,22-20-. The van der Waals surface area contributed by atoms with E-state index in [9.17, 15) is 10.4 Å². The maximum Gasteiger partial charge on any atom is 0.134 e. The van der Waals surface area contributed by atoms with Crippen LogP contribution in [0.3, 0.4) is 0 Å². The first kappa shape index (κ1) is 20.2. The Labute approximate surface area is 146 Å². The van der Waals surface area contributed by atoms with E-state index in [0.29, 0.717) is 17.8 Å². The number of rotatable bonds is 13. The van der Waals surface area contributed by atoms with Gasteiger partial charge in [0.2, 0.25) is 0 Å². The highest BCUT2D eigenvalue weighted by molar-refractivity contribution is 6.48. The molecule has 0 aromatic heterocycles. The fraction of sp³-hybridized carbons (Fsp3) is 0.600. The summed E-state index contributed by atoms with van der Waals surface area (Å²) in [6.45, 7) is 2.24. The number of oxime groups is 2. The van der Waals surface area contributed by atoms with Crippen molar-refractivity contribution in [2.45, 2.75) is 77.6 Å². The van der Waals surface area contributed by atoms with Gasteiger partial charge in [0.15, 0.2) is 0 Å². The van der Waals surface area contributed by atoms with Gasteiger partial charge in [0.1, 0.15) is 11.4 Å². The third kappa shape index (κ3) is 8.14. The minimum Gasteiger partial charge on any atom is -0.411 e. The third-order valence-corrected chi connectivity index (χ3v) is 4.31. The molecule has 0 aliphatic carbocycles. The summed E-state index contributed by atoms with van der Waals surface area (Å²) >= 11 is 0. The van der Waals surface area contributed by atoms with Crippen LogP contribution in [0.5, 0.6) is 0 Å². The molecule has 2 N–H and O–H groups in total. The van der Waals surface area contributed by atoms with Crippen molar-refractivity contribution in [2.75, 3.05) is 0 Å². The molecule has 0 atom stereocenters. The Morgan fingerprint density at radius 3 is 1.79 bits per heavy atom. The van der Waals surface area contributed by atoms with Crippen molar-refractivity contribution in [3.05, 3.63) is 35.9 Å². The molecule has 1 rings (SSSR count). The number of nitrogens with zero attached hydrogens (tertiary/aromatic N) is 2. The van der Waals surface area contributed by atoms with Gasteiger partial charge in [-0.1, -0.05) is 105 Å². The molecule has 4 heteroatoms. The second kappa shape index (κ2) is 13.6. The second-order valence-corrected chi connectivity index (χ2v) is 6.29. The number of hydrogen-bond acceptors (Lipinski definition) is 4. The highest BCUT2D eigenvalue weighted by Crippen LogP contribution is 2.13. The Morgan fingerprint density at radius 2 is 1.29 bits per heavy atom. The lowest BCUT2D eigenvalue weighted by Gasteiger charge is -2.07. The first-order valence-electron chi connectivity index (χ1n) is 9.32. The Balaban J connectivity index is 2.21. The molecular weight excluding hydrogens is 300 g/mol. The summed E-state index contributed by atoms with van der Waals surface area (Å²) in [5.74, 6) is 0. The van der Waals surface area contributed by atoms with Crippen LogP contribution in [0, 0.1) is 0 Å². The van der Waals surface area contributed by atoms with Gasteiger partial charge in [-0.3, -0.25) is 0 Å². The van der Waals surface area contributed by atoms with Crippen molar-refractivity contribution in [1.29, 1.82) is 0 Å². The van der Waals surface area contributed by atoms with Gasteiger partial charge in [-0.2, -0.15) is 0 Å². The summed E-state index contributed by atoms with van der Waals surface area (Å²) in [6, 6.07) is 9.33. The predicted molar refractivity (Wildman–Crippen MR) is 100 cm³/mol. The molecule has 0 amide bonds. The molecule has 0 aliphatic rings. The minimum absolute atomic E-state index is 0.356. The van der Waals surface area contributed by atoms with Crippen molar-refractivity contribution >= 4 is 11.4 Å². The van der Waals surface area contributed by atoms with Crippen LogP contribution >= 0.6 is 0 Å². The van der Waals surface area contributed by atoms with Crippen LogP contribution in [0.2, 0.25) is 0 Å². The van der Waals surface area contributed by atoms with Crippen LogP contribution in [0.1, 0.15) is 83.1 Å². The average Bonchev–Trinajstić information content (AvgIpc) is 2.63.